The van der Waals surface area contributed by atoms with Crippen LogP contribution in [0.15, 0.2) is 0 Å². The topological polar surface area (TPSA) is 50.4 Å². The fourth-order valence-corrected chi connectivity index (χ4v) is 4.00. The van der Waals surface area contributed by atoms with Gasteiger partial charge in [0, 0.05) is 25.5 Å². The van der Waals surface area contributed by atoms with Crippen molar-refractivity contribution in [1.29, 1.82) is 0 Å². The summed E-state index contributed by atoms with van der Waals surface area (Å²) in [5, 5.41) is 6.58. The zero-order valence-electron chi connectivity index (χ0n) is 14.2. The number of amides is 1. The molecule has 22 heavy (non-hydrogen) atoms. The van der Waals surface area contributed by atoms with Crippen molar-refractivity contribution in [3.63, 3.8) is 0 Å². The summed E-state index contributed by atoms with van der Waals surface area (Å²) in [5.41, 5.74) is 0.134. The third kappa shape index (κ3) is 6.05. The van der Waals surface area contributed by atoms with Crippen LogP contribution in [0.25, 0.3) is 0 Å². The van der Waals surface area contributed by atoms with Crippen LogP contribution in [0.1, 0.15) is 51.9 Å². The molecule has 2 rings (SSSR count). The maximum absolute atomic E-state index is 12.2. The van der Waals surface area contributed by atoms with Crippen LogP contribution in [0.2, 0.25) is 0 Å². The largest absolute Gasteiger partial charge is 0.384 e. The fraction of sp³-hybridized carbons (Fsp3) is 0.941. The van der Waals surface area contributed by atoms with Crippen LogP contribution >= 0.6 is 12.4 Å². The van der Waals surface area contributed by atoms with Crippen molar-refractivity contribution in [3.8, 4) is 0 Å². The summed E-state index contributed by atoms with van der Waals surface area (Å²) in [7, 11) is 1.76. The molecule has 2 N–H and O–H groups in total. The van der Waals surface area contributed by atoms with Crippen LogP contribution < -0.4 is 10.6 Å². The summed E-state index contributed by atoms with van der Waals surface area (Å²) in [6.45, 7) is 5.88. The van der Waals surface area contributed by atoms with E-state index < -0.39 is 0 Å². The molecule has 1 saturated heterocycles. The average molecular weight is 333 g/mol. The summed E-state index contributed by atoms with van der Waals surface area (Å²) >= 11 is 0. The number of rotatable bonds is 6. The van der Waals surface area contributed by atoms with E-state index in [9.17, 15) is 4.79 Å². The molecular formula is C17H33ClN2O2. The lowest BCUT2D eigenvalue weighted by atomic mass is 9.79. The average Bonchev–Trinajstić information content (AvgIpc) is 2.47. The van der Waals surface area contributed by atoms with Gasteiger partial charge in [-0.3, -0.25) is 4.79 Å². The highest BCUT2D eigenvalue weighted by molar-refractivity contribution is 5.85. The Bertz CT molecular complexity index is 327. The quantitative estimate of drug-likeness (QED) is 0.786. The molecule has 1 aliphatic carbocycles. The SMILES string of the molecule is COCC1(CNC(=O)CC2CCCC(C)C2)CCNCC1.Cl. The Balaban J connectivity index is 0.00000242. The van der Waals surface area contributed by atoms with Crippen LogP contribution in [0.4, 0.5) is 0 Å². The number of hydrogen-bond acceptors (Lipinski definition) is 3. The number of carbonyl (C=O) groups is 1. The highest BCUT2D eigenvalue weighted by Crippen LogP contribution is 2.31. The van der Waals surface area contributed by atoms with Crippen molar-refractivity contribution in [2.24, 2.45) is 17.3 Å². The zero-order valence-corrected chi connectivity index (χ0v) is 15.0. The molecule has 0 bridgehead atoms. The maximum Gasteiger partial charge on any atom is 0.220 e. The highest BCUT2D eigenvalue weighted by atomic mass is 35.5. The van der Waals surface area contributed by atoms with E-state index in [1.165, 1.54) is 25.7 Å². The van der Waals surface area contributed by atoms with Gasteiger partial charge in [0.2, 0.25) is 5.91 Å². The lowest BCUT2D eigenvalue weighted by Crippen LogP contribution is -2.47. The summed E-state index contributed by atoms with van der Waals surface area (Å²) in [5.74, 6) is 1.63. The normalized spacial score (nSPS) is 27.7. The zero-order chi connectivity index (χ0) is 15.1. The van der Waals surface area contributed by atoms with E-state index in [1.807, 2.05) is 0 Å². The Hall–Kier alpha value is -0.320. The van der Waals surface area contributed by atoms with Gasteiger partial charge in [-0.15, -0.1) is 12.4 Å². The summed E-state index contributed by atoms with van der Waals surface area (Å²) in [6.07, 6.45) is 7.96. The van der Waals surface area contributed by atoms with E-state index >= 15 is 0 Å². The summed E-state index contributed by atoms with van der Waals surface area (Å²) < 4.78 is 5.40. The minimum absolute atomic E-state index is 0. The van der Waals surface area contributed by atoms with Crippen LogP contribution in [0.5, 0.6) is 0 Å². The Morgan fingerprint density at radius 1 is 1.32 bits per heavy atom. The van der Waals surface area contributed by atoms with Crippen molar-refractivity contribution in [2.75, 3.05) is 33.4 Å². The van der Waals surface area contributed by atoms with E-state index in [4.69, 9.17) is 4.74 Å². The van der Waals surface area contributed by atoms with Crippen molar-refractivity contribution in [3.05, 3.63) is 0 Å². The molecule has 0 spiro atoms. The third-order valence-corrected chi connectivity index (χ3v) is 5.29. The van der Waals surface area contributed by atoms with Gasteiger partial charge in [0.1, 0.15) is 0 Å². The van der Waals surface area contributed by atoms with Crippen LogP contribution in [-0.2, 0) is 9.53 Å². The molecule has 1 saturated carbocycles. The second kappa shape index (κ2) is 9.74. The molecule has 1 amide bonds. The number of carbonyl (C=O) groups excluding carboxylic acids is 1. The Labute approximate surface area is 141 Å². The Kier molecular flexibility index (Phi) is 8.73. The van der Waals surface area contributed by atoms with Gasteiger partial charge in [-0.2, -0.15) is 0 Å². The monoisotopic (exact) mass is 332 g/mol. The van der Waals surface area contributed by atoms with Crippen molar-refractivity contribution >= 4 is 18.3 Å². The van der Waals surface area contributed by atoms with E-state index in [0.29, 0.717) is 12.3 Å². The number of piperidine rings is 1. The van der Waals surface area contributed by atoms with Gasteiger partial charge < -0.3 is 15.4 Å². The fourth-order valence-electron chi connectivity index (χ4n) is 4.00. The van der Waals surface area contributed by atoms with Gasteiger partial charge in [0.05, 0.1) is 6.61 Å². The smallest absolute Gasteiger partial charge is 0.220 e. The molecule has 130 valence electrons. The molecule has 1 aliphatic heterocycles. The molecule has 2 fully saturated rings. The van der Waals surface area contributed by atoms with Gasteiger partial charge in [-0.05, 0) is 50.6 Å². The van der Waals surface area contributed by atoms with E-state index in [0.717, 1.165) is 45.0 Å². The molecule has 1 heterocycles. The van der Waals surface area contributed by atoms with Gasteiger partial charge in [-0.25, -0.2) is 0 Å². The molecule has 0 aromatic carbocycles. The Morgan fingerprint density at radius 3 is 2.68 bits per heavy atom. The Morgan fingerprint density at radius 2 is 2.05 bits per heavy atom. The van der Waals surface area contributed by atoms with E-state index in [-0.39, 0.29) is 23.7 Å². The number of ether oxygens (including phenoxy) is 1. The number of hydrogen-bond donors (Lipinski definition) is 2. The molecule has 4 nitrogen and oxygen atoms in total. The molecule has 2 atom stereocenters. The van der Waals surface area contributed by atoms with Crippen molar-refractivity contribution in [1.82, 2.24) is 10.6 Å². The van der Waals surface area contributed by atoms with Gasteiger partial charge >= 0.3 is 0 Å². The minimum atomic E-state index is 0. The van der Waals surface area contributed by atoms with Gasteiger partial charge in [-0.1, -0.05) is 19.8 Å². The minimum Gasteiger partial charge on any atom is -0.384 e. The standard InChI is InChI=1S/C17H32N2O2.ClH/c1-14-4-3-5-15(10-14)11-16(20)19-12-17(13-21-2)6-8-18-9-7-17;/h14-15,18H,3-13H2,1-2H3,(H,19,20);1H. The first-order valence-corrected chi connectivity index (χ1v) is 8.60. The lowest BCUT2D eigenvalue weighted by Gasteiger charge is -2.37. The lowest BCUT2D eigenvalue weighted by molar-refractivity contribution is -0.123. The molecule has 0 radical (unpaired) electrons. The highest BCUT2D eigenvalue weighted by Gasteiger charge is 2.32. The molecule has 2 unspecified atom stereocenters. The first kappa shape index (κ1) is 19.7. The van der Waals surface area contributed by atoms with Crippen LogP contribution in [0, 0.1) is 17.3 Å². The molecule has 0 aromatic rings. The molecule has 2 aliphatic rings. The van der Waals surface area contributed by atoms with Crippen LogP contribution in [-0.4, -0.2) is 39.3 Å². The van der Waals surface area contributed by atoms with Crippen LogP contribution in [0.3, 0.4) is 0 Å². The third-order valence-electron chi connectivity index (χ3n) is 5.29. The van der Waals surface area contributed by atoms with E-state index in [2.05, 4.69) is 17.6 Å². The first-order valence-electron chi connectivity index (χ1n) is 8.60. The predicted molar refractivity (Wildman–Crippen MR) is 92.4 cm³/mol. The van der Waals surface area contributed by atoms with Crippen molar-refractivity contribution in [2.45, 2.75) is 51.9 Å². The van der Waals surface area contributed by atoms with Gasteiger partial charge in [0.15, 0.2) is 0 Å². The summed E-state index contributed by atoms with van der Waals surface area (Å²) in [6, 6.07) is 0. The summed E-state index contributed by atoms with van der Waals surface area (Å²) in [4.78, 5) is 12.2. The molecular weight excluding hydrogens is 300 g/mol. The molecule has 0 aromatic heterocycles. The number of halogens is 1. The van der Waals surface area contributed by atoms with E-state index in [1.54, 1.807) is 7.11 Å². The second-order valence-corrected chi connectivity index (χ2v) is 7.30. The van der Waals surface area contributed by atoms with Crippen molar-refractivity contribution < 1.29 is 9.53 Å². The first-order chi connectivity index (χ1) is 10.1. The number of nitrogens with one attached hydrogen (secondary N) is 2. The second-order valence-electron chi connectivity index (χ2n) is 7.30. The molecule has 5 heteroatoms. The predicted octanol–water partition coefficient (Wildman–Crippen LogP) is 2.76. The maximum atomic E-state index is 12.2. The number of methoxy groups -OCH3 is 1. The van der Waals surface area contributed by atoms with Gasteiger partial charge in [0.25, 0.3) is 0 Å².